The maximum absolute atomic E-state index is 12.9. The highest BCUT2D eigenvalue weighted by Crippen LogP contribution is 2.41. The van der Waals surface area contributed by atoms with Gasteiger partial charge in [0.1, 0.15) is 11.2 Å². The quantitative estimate of drug-likeness (QED) is 0.636. The van der Waals surface area contributed by atoms with Gasteiger partial charge in [0.25, 0.3) is 0 Å². The van der Waals surface area contributed by atoms with Crippen LogP contribution in [0, 0.1) is 0 Å². The Morgan fingerprint density at radius 2 is 1.93 bits per heavy atom. The van der Waals surface area contributed by atoms with E-state index in [0.29, 0.717) is 18.1 Å². The average Bonchev–Trinajstić information content (AvgIpc) is 3.11. The molecule has 2 aromatic heterocycles. The van der Waals surface area contributed by atoms with Crippen molar-refractivity contribution in [3.63, 3.8) is 0 Å². The number of amides is 2. The van der Waals surface area contributed by atoms with Crippen molar-refractivity contribution in [3.8, 4) is 0 Å². The summed E-state index contributed by atoms with van der Waals surface area (Å²) in [4.78, 5) is 33.3. The van der Waals surface area contributed by atoms with Crippen molar-refractivity contribution in [1.82, 2.24) is 19.9 Å². The largest absolute Gasteiger partial charge is 0.366 e. The number of nitrogens with zero attached hydrogens (tertiary/aromatic N) is 3. The zero-order chi connectivity index (χ0) is 20.0. The number of nitrogens with two attached hydrogens (primary N) is 1. The zero-order valence-electron chi connectivity index (χ0n) is 15.9. The van der Waals surface area contributed by atoms with Crippen molar-refractivity contribution in [2.75, 3.05) is 5.32 Å². The van der Waals surface area contributed by atoms with Crippen LogP contribution in [0.3, 0.4) is 0 Å². The van der Waals surface area contributed by atoms with Crippen LogP contribution in [0.2, 0.25) is 0 Å². The van der Waals surface area contributed by atoms with Crippen LogP contribution in [-0.4, -0.2) is 26.3 Å². The number of rotatable bonds is 3. The van der Waals surface area contributed by atoms with Gasteiger partial charge in [-0.3, -0.25) is 9.59 Å². The summed E-state index contributed by atoms with van der Waals surface area (Å²) < 4.78 is 2.14. The normalized spacial score (nSPS) is 17.7. The Kier molecular flexibility index (Phi) is 4.01. The van der Waals surface area contributed by atoms with Crippen LogP contribution in [0.1, 0.15) is 48.2 Å². The lowest BCUT2D eigenvalue weighted by atomic mass is 9.79. The van der Waals surface area contributed by atoms with Gasteiger partial charge in [-0.2, -0.15) is 4.98 Å². The molecule has 4 N–H and O–H groups in total. The number of nitrogens with one attached hydrogen (secondary N) is 2. The van der Waals surface area contributed by atoms with Crippen molar-refractivity contribution in [2.24, 2.45) is 5.73 Å². The second kappa shape index (κ2) is 6.58. The minimum absolute atomic E-state index is 0.0948. The van der Waals surface area contributed by atoms with E-state index in [-0.39, 0.29) is 5.91 Å². The molecule has 2 amide bonds. The molecule has 0 unspecified atom stereocenters. The maximum atomic E-state index is 12.9. The number of benzene rings is 1. The van der Waals surface area contributed by atoms with Crippen LogP contribution in [0.5, 0.6) is 0 Å². The molecule has 3 heterocycles. The molecule has 1 aromatic carbocycles. The molecule has 29 heavy (non-hydrogen) atoms. The first-order chi connectivity index (χ1) is 14.1. The van der Waals surface area contributed by atoms with Gasteiger partial charge in [0.05, 0.1) is 6.54 Å². The molecule has 2 aliphatic rings. The van der Waals surface area contributed by atoms with Gasteiger partial charge < -0.3 is 20.9 Å². The Morgan fingerprint density at radius 3 is 2.66 bits per heavy atom. The smallest absolute Gasteiger partial charge is 0.248 e. The van der Waals surface area contributed by atoms with E-state index in [1.165, 1.54) is 0 Å². The van der Waals surface area contributed by atoms with Crippen LogP contribution < -0.4 is 16.4 Å². The third-order valence-corrected chi connectivity index (χ3v) is 6.00. The van der Waals surface area contributed by atoms with Crippen molar-refractivity contribution < 1.29 is 9.59 Å². The van der Waals surface area contributed by atoms with Crippen LogP contribution in [0.15, 0.2) is 36.5 Å². The Morgan fingerprint density at radius 1 is 1.17 bits per heavy atom. The van der Waals surface area contributed by atoms with E-state index < -0.39 is 11.4 Å². The lowest BCUT2D eigenvalue weighted by molar-refractivity contribution is -0.133. The van der Waals surface area contributed by atoms with Crippen LogP contribution in [-0.2, 0) is 16.9 Å². The van der Waals surface area contributed by atoms with Crippen LogP contribution in [0.25, 0.3) is 11.0 Å². The number of hydrogen-bond donors (Lipinski definition) is 3. The van der Waals surface area contributed by atoms with E-state index in [9.17, 15) is 9.59 Å². The van der Waals surface area contributed by atoms with Gasteiger partial charge in [-0.25, -0.2) is 4.98 Å². The number of hydrogen-bond acceptors (Lipinski definition) is 5. The molecular weight excluding hydrogens is 368 g/mol. The Balaban J connectivity index is 1.55. The molecule has 0 radical (unpaired) electrons. The molecule has 1 aliphatic carbocycles. The van der Waals surface area contributed by atoms with Gasteiger partial charge in [-0.05, 0) is 43.2 Å². The first kappa shape index (κ1) is 17.7. The van der Waals surface area contributed by atoms with Crippen molar-refractivity contribution in [3.05, 3.63) is 47.8 Å². The van der Waals surface area contributed by atoms with Gasteiger partial charge >= 0.3 is 0 Å². The third-order valence-electron chi connectivity index (χ3n) is 6.00. The summed E-state index contributed by atoms with van der Waals surface area (Å²) >= 11 is 0. The average molecular weight is 390 g/mol. The minimum Gasteiger partial charge on any atom is -0.366 e. The second-order valence-corrected chi connectivity index (χ2v) is 7.79. The van der Waals surface area contributed by atoms with Crippen LogP contribution >= 0.6 is 0 Å². The minimum atomic E-state index is -0.553. The molecule has 3 aromatic rings. The highest BCUT2D eigenvalue weighted by atomic mass is 16.2. The highest BCUT2D eigenvalue weighted by Gasteiger charge is 2.45. The van der Waals surface area contributed by atoms with Gasteiger partial charge in [-0.1, -0.05) is 19.3 Å². The molecule has 1 fully saturated rings. The number of aromatic nitrogens is 3. The molecule has 0 atom stereocenters. The van der Waals surface area contributed by atoms with E-state index in [0.717, 1.165) is 54.5 Å². The maximum Gasteiger partial charge on any atom is 0.248 e. The SMILES string of the molecule is NC(=O)c1ccc(Nc2ncc3cc4n(c3n2)C2(CCCCC2)C(=O)NC4)cc1. The fraction of sp³-hybridized carbons (Fsp3) is 0.333. The summed E-state index contributed by atoms with van der Waals surface area (Å²) in [6.45, 7) is 0.508. The molecule has 1 aliphatic heterocycles. The Labute approximate surface area is 167 Å². The summed E-state index contributed by atoms with van der Waals surface area (Å²) in [5, 5.41) is 7.17. The van der Waals surface area contributed by atoms with Gasteiger partial charge in [0.2, 0.25) is 17.8 Å². The third kappa shape index (κ3) is 2.83. The zero-order valence-corrected chi connectivity index (χ0v) is 15.9. The van der Waals surface area contributed by atoms with Crippen molar-refractivity contribution >= 4 is 34.5 Å². The summed E-state index contributed by atoms with van der Waals surface area (Å²) in [6.07, 6.45) is 6.68. The molecule has 148 valence electrons. The molecule has 8 nitrogen and oxygen atoms in total. The Bertz CT molecular complexity index is 1110. The monoisotopic (exact) mass is 390 g/mol. The molecule has 0 saturated heterocycles. The predicted molar refractivity (Wildman–Crippen MR) is 109 cm³/mol. The van der Waals surface area contributed by atoms with E-state index in [1.54, 1.807) is 30.5 Å². The number of carbonyl (C=O) groups is 2. The van der Waals surface area contributed by atoms with E-state index in [2.05, 4.69) is 26.3 Å². The van der Waals surface area contributed by atoms with Crippen LogP contribution in [0.4, 0.5) is 11.6 Å². The number of fused-ring (bicyclic) bond motifs is 4. The summed E-state index contributed by atoms with van der Waals surface area (Å²) in [7, 11) is 0. The molecule has 0 bridgehead atoms. The lowest BCUT2D eigenvalue weighted by Crippen LogP contribution is -2.54. The fourth-order valence-electron chi connectivity index (χ4n) is 4.58. The standard InChI is InChI=1S/C21H22N6O2/c22-17(28)13-4-6-15(7-5-13)25-20-24-11-14-10-16-12-23-19(29)21(8-2-1-3-9-21)27(16)18(14)26-20/h4-7,10-11H,1-3,8-9,12H2,(H2,22,28)(H,23,29)(H,24,25,26). The first-order valence-corrected chi connectivity index (χ1v) is 9.90. The van der Waals surface area contributed by atoms with Crippen molar-refractivity contribution in [1.29, 1.82) is 0 Å². The second-order valence-electron chi connectivity index (χ2n) is 7.79. The first-order valence-electron chi connectivity index (χ1n) is 9.90. The number of carbonyl (C=O) groups excluding carboxylic acids is 2. The van der Waals surface area contributed by atoms with E-state index in [1.807, 2.05) is 0 Å². The van der Waals surface area contributed by atoms with Gasteiger partial charge in [0, 0.05) is 28.5 Å². The number of primary amides is 1. The van der Waals surface area contributed by atoms with E-state index >= 15 is 0 Å². The Hall–Kier alpha value is -3.42. The fourth-order valence-corrected chi connectivity index (χ4v) is 4.58. The molecular formula is C21H22N6O2. The van der Waals surface area contributed by atoms with E-state index in [4.69, 9.17) is 10.7 Å². The van der Waals surface area contributed by atoms with Gasteiger partial charge in [-0.15, -0.1) is 0 Å². The molecule has 8 heteroatoms. The summed E-state index contributed by atoms with van der Waals surface area (Å²) in [6, 6.07) is 8.90. The summed E-state index contributed by atoms with van der Waals surface area (Å²) in [5.74, 6) is 0.0737. The molecule has 5 rings (SSSR count). The number of anilines is 2. The molecule has 1 spiro atoms. The topological polar surface area (TPSA) is 115 Å². The predicted octanol–water partition coefficient (Wildman–Crippen LogP) is 2.56. The van der Waals surface area contributed by atoms with Crippen molar-refractivity contribution in [2.45, 2.75) is 44.2 Å². The lowest BCUT2D eigenvalue weighted by Gasteiger charge is -2.41. The molecule has 1 saturated carbocycles. The van der Waals surface area contributed by atoms with Gasteiger partial charge in [0.15, 0.2) is 0 Å². The summed E-state index contributed by atoms with van der Waals surface area (Å²) in [5.41, 5.74) is 7.78. The highest BCUT2D eigenvalue weighted by molar-refractivity contribution is 5.93.